The van der Waals surface area contributed by atoms with Crippen LogP contribution in [-0.4, -0.2) is 21.3 Å². The summed E-state index contributed by atoms with van der Waals surface area (Å²) >= 11 is 1.84. The number of halogens is 4. The van der Waals surface area contributed by atoms with Crippen LogP contribution in [0.4, 0.5) is 18.9 Å². The van der Waals surface area contributed by atoms with Crippen molar-refractivity contribution in [3.63, 3.8) is 0 Å². The Morgan fingerprint density at radius 2 is 2.08 bits per heavy atom. The molecule has 0 radical (unpaired) electrons. The highest BCUT2D eigenvalue weighted by Gasteiger charge is 2.38. The Morgan fingerprint density at radius 3 is 2.72 bits per heavy atom. The van der Waals surface area contributed by atoms with E-state index in [4.69, 9.17) is 5.26 Å². The average molecular weight is 457 g/mol. The van der Waals surface area contributed by atoms with Gasteiger partial charge in [-0.1, -0.05) is 0 Å². The van der Waals surface area contributed by atoms with Crippen LogP contribution in [-0.2, 0) is 6.18 Å². The van der Waals surface area contributed by atoms with Crippen LogP contribution in [0.1, 0.15) is 18.2 Å². The molecule has 0 fully saturated rings. The third-order valence-corrected chi connectivity index (χ3v) is 4.41. The van der Waals surface area contributed by atoms with Gasteiger partial charge in [0.1, 0.15) is 0 Å². The first-order valence-corrected chi connectivity index (χ1v) is 8.33. The average Bonchev–Trinajstić information content (AvgIpc) is 2.96. The van der Waals surface area contributed by atoms with Gasteiger partial charge in [-0.2, -0.15) is 23.5 Å². The number of hydrogen-bond donors (Lipinski definition) is 1. The molecule has 1 N–H and O–H groups in total. The summed E-state index contributed by atoms with van der Waals surface area (Å²) in [6, 6.07) is 8.19. The summed E-state index contributed by atoms with van der Waals surface area (Å²) in [6.07, 6.45) is -3.16. The lowest BCUT2D eigenvalue weighted by molar-refractivity contribution is -0.140. The Labute approximate surface area is 154 Å². The van der Waals surface area contributed by atoms with Crippen LogP contribution in [0.15, 0.2) is 30.5 Å². The number of aromatic nitrogens is 3. The molecule has 2 aromatic heterocycles. The molecule has 0 unspecified atom stereocenters. The molecule has 0 bridgehead atoms. The van der Waals surface area contributed by atoms with Crippen molar-refractivity contribution in [1.82, 2.24) is 14.8 Å². The van der Waals surface area contributed by atoms with Crippen LogP contribution in [0.5, 0.6) is 0 Å². The molecule has 5 nitrogen and oxygen atoms in total. The van der Waals surface area contributed by atoms with Gasteiger partial charge in [0.25, 0.3) is 0 Å². The van der Waals surface area contributed by atoms with E-state index in [2.05, 4.69) is 15.4 Å². The lowest BCUT2D eigenvalue weighted by atomic mass is 10.2. The van der Waals surface area contributed by atoms with Gasteiger partial charge in [0, 0.05) is 16.3 Å². The van der Waals surface area contributed by atoms with E-state index in [9.17, 15) is 13.2 Å². The summed E-state index contributed by atoms with van der Waals surface area (Å²) in [6.45, 7) is 2.39. The smallest absolute Gasteiger partial charge is 0.384 e. The highest BCUT2D eigenvalue weighted by atomic mass is 127. The summed E-state index contributed by atoms with van der Waals surface area (Å²) in [4.78, 5) is 4.10. The predicted octanol–water partition coefficient (Wildman–Crippen LogP) is 4.35. The van der Waals surface area contributed by atoms with Crippen molar-refractivity contribution < 1.29 is 13.2 Å². The van der Waals surface area contributed by atoms with Gasteiger partial charge in [-0.3, -0.25) is 0 Å². The van der Waals surface area contributed by atoms with Crippen LogP contribution >= 0.6 is 22.6 Å². The minimum Gasteiger partial charge on any atom is -0.384 e. The first-order chi connectivity index (χ1) is 11.9. The predicted molar refractivity (Wildman–Crippen MR) is 95.5 cm³/mol. The zero-order valence-electron chi connectivity index (χ0n) is 12.9. The van der Waals surface area contributed by atoms with Crippen molar-refractivity contribution in [2.24, 2.45) is 0 Å². The number of nitrogens with one attached hydrogen (secondary N) is 1. The van der Waals surface area contributed by atoms with Gasteiger partial charge < -0.3 is 5.32 Å². The number of rotatable bonds is 3. The van der Waals surface area contributed by atoms with E-state index in [-0.39, 0.29) is 11.0 Å². The van der Waals surface area contributed by atoms with Gasteiger partial charge in [-0.05, 0) is 53.8 Å². The Balaban J connectivity index is 2.34. The second-order valence-corrected chi connectivity index (χ2v) is 6.29. The van der Waals surface area contributed by atoms with Crippen LogP contribution in [0.3, 0.4) is 0 Å². The fourth-order valence-corrected chi connectivity index (χ4v) is 3.15. The third kappa shape index (κ3) is 3.13. The molecule has 1 aromatic carbocycles. The van der Waals surface area contributed by atoms with Crippen LogP contribution in [0.2, 0.25) is 0 Å². The quantitative estimate of drug-likeness (QED) is 0.595. The summed E-state index contributed by atoms with van der Waals surface area (Å²) < 4.78 is 41.9. The van der Waals surface area contributed by atoms with Gasteiger partial charge in [-0.15, -0.1) is 0 Å². The number of benzene rings is 1. The number of nitrogens with zero attached hydrogens (tertiary/aromatic N) is 4. The largest absolute Gasteiger partial charge is 0.435 e. The normalized spacial score (nSPS) is 11.5. The minimum absolute atomic E-state index is 0.0394. The maximum atomic E-state index is 13.4. The maximum absolute atomic E-state index is 13.4. The fourth-order valence-electron chi connectivity index (χ4n) is 2.49. The molecule has 25 heavy (non-hydrogen) atoms. The van der Waals surface area contributed by atoms with Gasteiger partial charge in [0.05, 0.1) is 28.4 Å². The fraction of sp³-hybridized carbons (Fsp3) is 0.188. The molecular formula is C16H11F3IN5. The highest BCUT2D eigenvalue weighted by molar-refractivity contribution is 14.1. The number of anilines is 1. The van der Waals surface area contributed by atoms with E-state index in [0.29, 0.717) is 27.1 Å². The Kier molecular flexibility index (Phi) is 4.55. The van der Waals surface area contributed by atoms with Gasteiger partial charge in [-0.25, -0.2) is 9.67 Å². The standard InChI is InChI=1S/C16H11F3IN5/c1-2-22-11-7-9(8-21)3-4-12(11)25-15-13(10(20)5-6-23-15)14(24-25)16(17,18)19/h3-7,22H,2H2,1H3. The number of nitriles is 1. The van der Waals surface area contributed by atoms with Crippen molar-refractivity contribution in [2.75, 3.05) is 11.9 Å². The van der Waals surface area contributed by atoms with E-state index < -0.39 is 11.9 Å². The maximum Gasteiger partial charge on any atom is 0.435 e. The molecule has 2 heterocycles. The Morgan fingerprint density at radius 1 is 1.32 bits per heavy atom. The van der Waals surface area contributed by atoms with Crippen LogP contribution in [0, 0.1) is 14.9 Å². The van der Waals surface area contributed by atoms with Crippen molar-refractivity contribution in [3.05, 3.63) is 45.3 Å². The molecule has 0 aliphatic rings. The molecule has 0 saturated heterocycles. The summed E-state index contributed by atoms with van der Waals surface area (Å²) in [5.41, 5.74) is 0.445. The summed E-state index contributed by atoms with van der Waals surface area (Å²) in [5, 5.41) is 15.9. The molecule has 128 valence electrons. The first kappa shape index (κ1) is 17.5. The first-order valence-electron chi connectivity index (χ1n) is 7.25. The molecule has 0 amide bonds. The van der Waals surface area contributed by atoms with Crippen molar-refractivity contribution in [3.8, 4) is 11.8 Å². The number of fused-ring (bicyclic) bond motifs is 1. The number of pyridine rings is 1. The van der Waals surface area contributed by atoms with Gasteiger partial charge in [0.15, 0.2) is 11.3 Å². The summed E-state index contributed by atoms with van der Waals surface area (Å²) in [5.74, 6) is 0. The second-order valence-electron chi connectivity index (χ2n) is 5.12. The topological polar surface area (TPSA) is 66.5 Å². The molecule has 9 heteroatoms. The van der Waals surface area contributed by atoms with Crippen molar-refractivity contribution in [2.45, 2.75) is 13.1 Å². The van der Waals surface area contributed by atoms with E-state index in [0.717, 1.165) is 0 Å². The monoisotopic (exact) mass is 457 g/mol. The van der Waals surface area contributed by atoms with E-state index in [1.54, 1.807) is 12.1 Å². The molecule has 3 rings (SSSR count). The molecular weight excluding hydrogens is 446 g/mol. The molecule has 0 saturated carbocycles. The van der Waals surface area contributed by atoms with Crippen LogP contribution in [0.25, 0.3) is 16.7 Å². The molecule has 0 aliphatic carbocycles. The lowest BCUT2D eigenvalue weighted by Gasteiger charge is -2.11. The second kappa shape index (κ2) is 6.51. The van der Waals surface area contributed by atoms with Gasteiger partial charge in [0.2, 0.25) is 0 Å². The number of alkyl halides is 3. The molecule has 3 aromatic rings. The Hall–Kier alpha value is -2.35. The van der Waals surface area contributed by atoms with E-state index >= 15 is 0 Å². The molecule has 0 aliphatic heterocycles. The van der Waals surface area contributed by atoms with E-state index in [1.807, 2.05) is 35.6 Å². The van der Waals surface area contributed by atoms with Crippen molar-refractivity contribution >= 4 is 39.3 Å². The summed E-state index contributed by atoms with van der Waals surface area (Å²) in [7, 11) is 0. The lowest BCUT2D eigenvalue weighted by Crippen LogP contribution is -2.09. The van der Waals surface area contributed by atoms with E-state index in [1.165, 1.54) is 23.0 Å². The van der Waals surface area contributed by atoms with Crippen molar-refractivity contribution in [1.29, 1.82) is 5.26 Å². The molecule has 0 atom stereocenters. The molecule has 0 spiro atoms. The minimum atomic E-state index is -4.60. The van der Waals surface area contributed by atoms with Crippen LogP contribution < -0.4 is 5.32 Å². The zero-order chi connectivity index (χ0) is 18.2. The zero-order valence-corrected chi connectivity index (χ0v) is 15.1. The SMILES string of the molecule is CCNc1cc(C#N)ccc1-n1nc(C(F)(F)F)c2c(I)ccnc21. The Bertz CT molecular complexity index is 988. The third-order valence-electron chi connectivity index (χ3n) is 3.51. The highest BCUT2D eigenvalue weighted by Crippen LogP contribution is 2.37. The van der Waals surface area contributed by atoms with Gasteiger partial charge >= 0.3 is 6.18 Å². The number of hydrogen-bond acceptors (Lipinski definition) is 4.